The molecule has 1 amide bonds. The summed E-state index contributed by atoms with van der Waals surface area (Å²) in [6.45, 7) is 0.290. The molecule has 2 heterocycles. The van der Waals surface area contributed by atoms with Crippen LogP contribution in [0.3, 0.4) is 0 Å². The zero-order chi connectivity index (χ0) is 22.3. The van der Waals surface area contributed by atoms with Crippen LogP contribution in [0, 0.1) is 0 Å². The lowest BCUT2D eigenvalue weighted by atomic mass is 10.1. The van der Waals surface area contributed by atoms with Gasteiger partial charge in [-0.05, 0) is 48.5 Å². The van der Waals surface area contributed by atoms with E-state index in [0.717, 1.165) is 5.01 Å². The number of hydrogen-bond acceptors (Lipinski definition) is 7. The van der Waals surface area contributed by atoms with Crippen molar-refractivity contribution in [2.45, 2.75) is 13.2 Å². The van der Waals surface area contributed by atoms with E-state index in [1.54, 1.807) is 60.0 Å². The Morgan fingerprint density at radius 1 is 1.03 bits per heavy atom. The lowest BCUT2D eigenvalue weighted by molar-refractivity contribution is 0.0469. The van der Waals surface area contributed by atoms with Crippen LogP contribution in [0.4, 0.5) is 5.69 Å². The molecular weight excluding hydrogens is 452 g/mol. The molecule has 0 unspecified atom stereocenters. The highest BCUT2D eigenvalue weighted by Gasteiger charge is 2.17. The van der Waals surface area contributed by atoms with Crippen molar-refractivity contribution in [2.24, 2.45) is 0 Å². The summed E-state index contributed by atoms with van der Waals surface area (Å²) in [6.07, 6.45) is 1.40. The molecule has 0 aliphatic carbocycles. The fraction of sp³-hybridized carbons (Fsp3) is 0.0870. The van der Waals surface area contributed by atoms with Crippen molar-refractivity contribution >= 4 is 40.5 Å². The van der Waals surface area contributed by atoms with Crippen molar-refractivity contribution in [3.05, 3.63) is 99.4 Å². The monoisotopic (exact) mass is 468 g/mol. The van der Waals surface area contributed by atoms with Gasteiger partial charge in [-0.25, -0.2) is 9.78 Å². The zero-order valence-electron chi connectivity index (χ0n) is 16.6. The number of nitrogens with zero attached hydrogens (tertiary/aromatic N) is 1. The van der Waals surface area contributed by atoms with E-state index in [1.807, 2.05) is 0 Å². The highest BCUT2D eigenvalue weighted by molar-refractivity contribution is 7.09. The van der Waals surface area contributed by atoms with E-state index in [9.17, 15) is 9.59 Å². The molecule has 0 fully saturated rings. The van der Waals surface area contributed by atoms with E-state index in [4.69, 9.17) is 25.5 Å². The van der Waals surface area contributed by atoms with Gasteiger partial charge in [0.15, 0.2) is 5.76 Å². The Kier molecular flexibility index (Phi) is 6.84. The number of hydrogen-bond donors (Lipinski definition) is 1. The minimum Gasteiger partial charge on any atom is -0.486 e. The lowest BCUT2D eigenvalue weighted by Crippen LogP contribution is -2.15. The van der Waals surface area contributed by atoms with Gasteiger partial charge in [-0.3, -0.25) is 4.79 Å². The number of carbonyl (C=O) groups is 2. The van der Waals surface area contributed by atoms with Gasteiger partial charge in [0.1, 0.15) is 24.0 Å². The summed E-state index contributed by atoms with van der Waals surface area (Å²) < 4.78 is 16.1. The summed E-state index contributed by atoms with van der Waals surface area (Å²) in [5.41, 5.74) is 1.17. The minimum absolute atomic E-state index is 0.00323. The third-order valence-electron chi connectivity index (χ3n) is 4.27. The Morgan fingerprint density at radius 2 is 1.84 bits per heavy atom. The third-order valence-corrected chi connectivity index (χ3v) is 5.39. The Hall–Kier alpha value is -3.62. The number of ether oxygens (including phenoxy) is 2. The van der Waals surface area contributed by atoms with Crippen LogP contribution in [-0.2, 0) is 18.0 Å². The molecular formula is C23H17ClN2O5S. The van der Waals surface area contributed by atoms with Gasteiger partial charge < -0.3 is 19.2 Å². The molecule has 162 valence electrons. The number of benzene rings is 2. The Morgan fingerprint density at radius 3 is 2.62 bits per heavy atom. The molecule has 0 saturated heterocycles. The van der Waals surface area contributed by atoms with Crippen LogP contribution in [0.2, 0.25) is 5.02 Å². The average Bonchev–Trinajstić information content (AvgIpc) is 3.50. The number of carbonyl (C=O) groups excluding carboxylic acids is 2. The fourth-order valence-corrected chi connectivity index (χ4v) is 3.55. The van der Waals surface area contributed by atoms with Crippen molar-refractivity contribution in [1.82, 2.24) is 4.98 Å². The molecule has 4 aromatic rings. The van der Waals surface area contributed by atoms with Gasteiger partial charge in [0.05, 0.1) is 23.2 Å². The molecule has 1 N–H and O–H groups in total. The molecule has 7 nitrogen and oxygen atoms in total. The van der Waals surface area contributed by atoms with Crippen molar-refractivity contribution in [1.29, 1.82) is 0 Å². The van der Waals surface area contributed by atoms with Gasteiger partial charge >= 0.3 is 5.97 Å². The highest BCUT2D eigenvalue weighted by atomic mass is 35.5. The molecule has 9 heteroatoms. The second-order valence-corrected chi connectivity index (χ2v) is 7.91. The number of nitrogens with one attached hydrogen (secondary N) is 1. The second-order valence-electron chi connectivity index (χ2n) is 6.53. The van der Waals surface area contributed by atoms with Crippen molar-refractivity contribution < 1.29 is 23.5 Å². The van der Waals surface area contributed by atoms with Crippen LogP contribution >= 0.6 is 22.9 Å². The van der Waals surface area contributed by atoms with Gasteiger partial charge in [0.25, 0.3) is 5.91 Å². The van der Waals surface area contributed by atoms with Gasteiger partial charge in [0.2, 0.25) is 0 Å². The van der Waals surface area contributed by atoms with E-state index >= 15 is 0 Å². The second kappa shape index (κ2) is 10.1. The summed E-state index contributed by atoms with van der Waals surface area (Å²) >= 11 is 7.27. The first-order chi connectivity index (χ1) is 15.6. The molecule has 4 rings (SSSR count). The maximum absolute atomic E-state index is 12.6. The summed E-state index contributed by atoms with van der Waals surface area (Å²) in [4.78, 5) is 29.2. The van der Waals surface area contributed by atoms with Crippen LogP contribution in [0.1, 0.15) is 31.6 Å². The third kappa shape index (κ3) is 5.54. The molecule has 2 aromatic carbocycles. The van der Waals surface area contributed by atoms with Crippen molar-refractivity contribution in [3.63, 3.8) is 0 Å². The van der Waals surface area contributed by atoms with Crippen molar-refractivity contribution in [2.75, 3.05) is 5.32 Å². The van der Waals surface area contributed by atoms with Gasteiger partial charge in [0, 0.05) is 10.4 Å². The van der Waals surface area contributed by atoms with Crippen LogP contribution in [0.5, 0.6) is 5.75 Å². The van der Waals surface area contributed by atoms with Crippen LogP contribution in [0.25, 0.3) is 0 Å². The molecule has 32 heavy (non-hydrogen) atoms. The normalized spacial score (nSPS) is 10.5. The highest BCUT2D eigenvalue weighted by Crippen LogP contribution is 2.20. The average molecular weight is 469 g/mol. The van der Waals surface area contributed by atoms with E-state index in [-0.39, 0.29) is 17.9 Å². The fourth-order valence-electron chi connectivity index (χ4n) is 2.74. The number of esters is 1. The SMILES string of the molecule is O=C(Nc1ccccc1C(=O)OCc1csc(COc2ccc(Cl)cc2)n1)c1ccco1. The maximum atomic E-state index is 12.6. The first-order valence-electron chi connectivity index (χ1n) is 9.51. The standard InChI is InChI=1S/C23H17ClN2O5S/c24-15-7-9-17(10-8-15)30-13-21-25-16(14-32-21)12-31-23(28)18-4-1-2-5-19(18)26-22(27)20-6-3-11-29-20/h1-11,14H,12-13H2,(H,26,27). The number of aromatic nitrogens is 1. The Labute approximate surface area is 192 Å². The molecule has 0 aliphatic heterocycles. The van der Waals surface area contributed by atoms with E-state index < -0.39 is 11.9 Å². The molecule has 0 bridgehead atoms. The van der Waals surface area contributed by atoms with Gasteiger partial charge in [-0.2, -0.15) is 0 Å². The first-order valence-corrected chi connectivity index (χ1v) is 10.8. The van der Waals surface area contributed by atoms with Gasteiger partial charge in [-0.15, -0.1) is 11.3 Å². The maximum Gasteiger partial charge on any atom is 0.340 e. The Bertz CT molecular complexity index is 1210. The molecule has 0 radical (unpaired) electrons. The number of rotatable bonds is 8. The molecule has 0 spiro atoms. The molecule has 2 aromatic heterocycles. The topological polar surface area (TPSA) is 90.7 Å². The Balaban J connectivity index is 1.33. The number of furan rings is 1. The zero-order valence-corrected chi connectivity index (χ0v) is 18.2. The largest absolute Gasteiger partial charge is 0.486 e. The molecule has 0 atom stereocenters. The summed E-state index contributed by atoms with van der Waals surface area (Å²) in [7, 11) is 0. The number of para-hydroxylation sites is 1. The van der Waals surface area contributed by atoms with E-state index in [1.165, 1.54) is 23.7 Å². The number of halogens is 1. The van der Waals surface area contributed by atoms with Gasteiger partial charge in [-0.1, -0.05) is 23.7 Å². The summed E-state index contributed by atoms with van der Waals surface area (Å²) in [5.74, 6) is -0.206. The van der Waals surface area contributed by atoms with E-state index in [0.29, 0.717) is 28.8 Å². The van der Waals surface area contributed by atoms with E-state index in [2.05, 4.69) is 10.3 Å². The first kappa shape index (κ1) is 21.6. The van der Waals surface area contributed by atoms with Crippen molar-refractivity contribution in [3.8, 4) is 5.75 Å². The number of anilines is 1. The molecule has 0 saturated carbocycles. The van der Waals surface area contributed by atoms with Crippen LogP contribution in [-0.4, -0.2) is 16.9 Å². The predicted octanol–water partition coefficient (Wildman–Crippen LogP) is 5.58. The quantitative estimate of drug-likeness (QED) is 0.339. The summed E-state index contributed by atoms with van der Waals surface area (Å²) in [5, 5.41) is 5.85. The summed E-state index contributed by atoms with van der Waals surface area (Å²) in [6, 6.07) is 16.8. The number of thiazole rings is 1. The van der Waals surface area contributed by atoms with Crippen LogP contribution < -0.4 is 10.1 Å². The predicted molar refractivity (Wildman–Crippen MR) is 120 cm³/mol. The molecule has 0 aliphatic rings. The van der Waals surface area contributed by atoms with Crippen LogP contribution in [0.15, 0.2) is 76.7 Å². The number of amides is 1. The minimum atomic E-state index is -0.577. The smallest absolute Gasteiger partial charge is 0.340 e. The lowest BCUT2D eigenvalue weighted by Gasteiger charge is -2.09.